The van der Waals surface area contributed by atoms with Crippen LogP contribution in [0.15, 0.2) is 162 Å². The van der Waals surface area contributed by atoms with Crippen LogP contribution in [0.5, 0.6) is 0 Å². The number of alkyl halides is 6. The molecule has 0 saturated carbocycles. The molecule has 0 saturated heterocycles. The molecule has 0 atom stereocenters. The van der Waals surface area contributed by atoms with E-state index in [2.05, 4.69) is 447 Å². The molecule has 9 heterocycles. The minimum Gasteiger partial charge on any atom is -0.261 e. The van der Waals surface area contributed by atoms with Crippen LogP contribution in [0.4, 0.5) is 26.3 Å². The van der Waals surface area contributed by atoms with Crippen molar-refractivity contribution in [1.29, 1.82) is 0 Å². The highest BCUT2D eigenvalue weighted by atomic mass is 79.9. The second-order valence-corrected chi connectivity index (χ2v) is 46.5. The summed E-state index contributed by atoms with van der Waals surface area (Å²) in [6, 6.07) is 35.2. The van der Waals surface area contributed by atoms with Gasteiger partial charge in [0.25, 0.3) is 0 Å². The molecule has 11 aromatic rings. The van der Waals surface area contributed by atoms with Gasteiger partial charge in [-0.25, -0.2) is 15.0 Å². The first-order chi connectivity index (χ1) is 67.0. The number of nitrogens with zero attached hydrogens (tertiary/aromatic N) is 12. The van der Waals surface area contributed by atoms with Crippen LogP contribution < -0.4 is 0 Å². The number of hydrogen-bond donors (Lipinski definition) is 0. The van der Waals surface area contributed by atoms with E-state index in [1.807, 2.05) is 71.1 Å². The molecule has 0 N–H and O–H groups in total. The Bertz CT molecular complexity index is 4710. The van der Waals surface area contributed by atoms with Gasteiger partial charge in [-0.15, -0.1) is 0 Å². The smallest absolute Gasteiger partial charge is 0.261 e. The quantitative estimate of drug-likeness (QED) is 0.0593. The van der Waals surface area contributed by atoms with E-state index >= 15 is 0 Å². The van der Waals surface area contributed by atoms with Gasteiger partial charge in [-0.2, -0.15) is 36.5 Å². The van der Waals surface area contributed by atoms with E-state index in [9.17, 15) is 26.3 Å². The van der Waals surface area contributed by atoms with Crippen molar-refractivity contribution >= 4 is 31.9 Å². The van der Waals surface area contributed by atoms with E-state index in [1.54, 1.807) is 33.8 Å². The van der Waals surface area contributed by atoms with Crippen LogP contribution in [-0.4, -0.2) is 60.0 Å². The molecular formula is C125H188Br2F6N12. The van der Waals surface area contributed by atoms with Crippen LogP contribution in [0.1, 0.15) is 587 Å². The third kappa shape index (κ3) is 48.5. The Morgan fingerprint density at radius 3 is 0.821 bits per heavy atom. The van der Waals surface area contributed by atoms with Crippen molar-refractivity contribution in [2.75, 3.05) is 0 Å². The van der Waals surface area contributed by atoms with E-state index < -0.39 is 23.6 Å². The minimum absolute atomic E-state index is 0.00214. The van der Waals surface area contributed by atoms with Gasteiger partial charge in [0.1, 0.15) is 11.5 Å². The Kier molecular flexibility index (Phi) is 60.3. The summed E-state index contributed by atoms with van der Waals surface area (Å²) in [5, 5.41) is 8.30. The number of aryl methyl sites for hydroxylation is 3. The molecule has 0 unspecified atom stereocenters. The molecule has 9 aromatic heterocycles. The summed E-state index contributed by atoms with van der Waals surface area (Å²) < 4.78 is 79.2. The van der Waals surface area contributed by atoms with Gasteiger partial charge in [0.15, 0.2) is 0 Å². The molecule has 804 valence electrons. The highest BCUT2D eigenvalue weighted by molar-refractivity contribution is 9.10. The van der Waals surface area contributed by atoms with E-state index in [-0.39, 0.29) is 34.9 Å². The van der Waals surface area contributed by atoms with Crippen molar-refractivity contribution in [2.24, 2.45) is 0 Å². The van der Waals surface area contributed by atoms with Crippen LogP contribution in [-0.2, 0) is 12.4 Å². The molecule has 0 aliphatic carbocycles. The Labute approximate surface area is 893 Å². The zero-order chi connectivity index (χ0) is 112. The molecule has 20 heteroatoms. The average Bonchev–Trinajstić information content (AvgIpc) is 0.801. The maximum Gasteiger partial charge on any atom is 0.433 e. The van der Waals surface area contributed by atoms with Crippen LogP contribution in [0.3, 0.4) is 0 Å². The molecule has 0 aliphatic rings. The van der Waals surface area contributed by atoms with E-state index in [0.29, 0.717) is 118 Å². The fraction of sp³-hybridized carbons (Fsp3) is 0.568. The van der Waals surface area contributed by atoms with Crippen LogP contribution in [0.2, 0.25) is 0 Å². The van der Waals surface area contributed by atoms with Gasteiger partial charge in [-0.05, 0) is 282 Å². The van der Waals surface area contributed by atoms with E-state index in [1.165, 1.54) is 107 Å². The monoisotopic (exact) mass is 2130 g/mol. The van der Waals surface area contributed by atoms with Crippen molar-refractivity contribution in [1.82, 2.24) is 60.0 Å². The first-order valence-corrected chi connectivity index (χ1v) is 54.7. The number of benzene rings is 2. The summed E-state index contributed by atoms with van der Waals surface area (Å²) in [7, 11) is 0. The maximum atomic E-state index is 12.8. The van der Waals surface area contributed by atoms with Crippen molar-refractivity contribution in [3.8, 4) is 0 Å². The molecule has 0 spiro atoms. The molecule has 145 heavy (non-hydrogen) atoms. The van der Waals surface area contributed by atoms with Gasteiger partial charge < -0.3 is 0 Å². The molecular weight excluding hydrogens is 1940 g/mol. The number of aromatic nitrogens is 12. The fourth-order valence-electron chi connectivity index (χ4n) is 14.3. The lowest BCUT2D eigenvalue weighted by Crippen LogP contribution is -2.14. The van der Waals surface area contributed by atoms with Gasteiger partial charge in [-0.1, -0.05) is 375 Å². The second kappa shape index (κ2) is 65.2. The number of pyridine rings is 6. The molecule has 12 nitrogen and oxygen atoms in total. The van der Waals surface area contributed by atoms with Crippen LogP contribution >= 0.6 is 31.9 Å². The summed E-state index contributed by atoms with van der Waals surface area (Å²) in [6.07, 6.45) is 6.41. The van der Waals surface area contributed by atoms with Crippen LogP contribution in [0, 0.1) is 20.8 Å². The van der Waals surface area contributed by atoms with E-state index in [4.69, 9.17) is 0 Å². The predicted molar refractivity (Wildman–Crippen MR) is 614 cm³/mol. The SMILES string of the molecule is CC(C)c1ccc(C(C)C)c(Br)c1.CC(C)c1ccc(C(C)C)c(C(F)(F)F)n1.CC(C)c1ccc(C(C)C)nc1.CC(C)c1ccc(C(C)C)nn1.CC(C)c1cnc(C(C)C)c(Br)c1.CC(C)c1cnc(C(C)C)c(C(F)(F)F)c1.CC(C)c1cnc(C(C)C)cn1.CC(C)c1cnc(C(C)C)nc1.Cc1cc(C(C)C)ccc1C(C)C.Cc1cc(C(C)C)cnc1C(C)C.Cc1nc(C(C)C)ccc1C(C)C. The number of rotatable bonds is 22. The zero-order valence-electron chi connectivity index (χ0n) is 98.0. The third-order valence-corrected chi connectivity index (χ3v) is 25.6. The minimum atomic E-state index is -4.37. The molecule has 0 radical (unpaired) electrons. The van der Waals surface area contributed by atoms with Crippen molar-refractivity contribution in [3.05, 3.63) is 314 Å². The van der Waals surface area contributed by atoms with Crippen molar-refractivity contribution in [2.45, 2.75) is 468 Å². The summed E-state index contributed by atoms with van der Waals surface area (Å²) in [4.78, 5) is 42.9. The Hall–Kier alpha value is -8.88. The maximum absolute atomic E-state index is 12.8. The molecule has 2 aromatic carbocycles. The van der Waals surface area contributed by atoms with Crippen LogP contribution in [0.25, 0.3) is 0 Å². The van der Waals surface area contributed by atoms with E-state index in [0.717, 1.165) is 38.8 Å². The third-order valence-electron chi connectivity index (χ3n) is 24.3. The lowest BCUT2D eigenvalue weighted by molar-refractivity contribution is -0.142. The largest absolute Gasteiger partial charge is 0.433 e. The normalized spacial score (nSPS) is 11.5. The lowest BCUT2D eigenvalue weighted by Gasteiger charge is -2.16. The van der Waals surface area contributed by atoms with Gasteiger partial charge in [0.2, 0.25) is 0 Å². The van der Waals surface area contributed by atoms with Gasteiger partial charge >= 0.3 is 12.4 Å². The average molecular weight is 2130 g/mol. The molecule has 0 fully saturated rings. The lowest BCUT2D eigenvalue weighted by atomic mass is 9.93. The summed E-state index contributed by atoms with van der Waals surface area (Å²) >= 11 is 7.17. The summed E-state index contributed by atoms with van der Waals surface area (Å²) in [5.41, 5.74) is 25.3. The molecule has 0 amide bonds. The van der Waals surface area contributed by atoms with Gasteiger partial charge in [-0.3, -0.25) is 34.9 Å². The van der Waals surface area contributed by atoms with Gasteiger partial charge in [0, 0.05) is 92.9 Å². The highest BCUT2D eigenvalue weighted by Crippen LogP contribution is 2.39. The summed E-state index contributed by atoms with van der Waals surface area (Å²) in [5.74, 6) is 10.2. The number of hydrogen-bond acceptors (Lipinski definition) is 12. The van der Waals surface area contributed by atoms with Crippen molar-refractivity contribution < 1.29 is 26.3 Å². The summed E-state index contributed by atoms with van der Waals surface area (Å²) in [6.45, 7) is 99.0. The predicted octanol–water partition coefficient (Wildman–Crippen LogP) is 40.5. The van der Waals surface area contributed by atoms with Crippen molar-refractivity contribution in [3.63, 3.8) is 0 Å². The van der Waals surface area contributed by atoms with Gasteiger partial charge in [0.05, 0.1) is 39.7 Å². The fourth-order valence-corrected chi connectivity index (χ4v) is 16.0. The topological polar surface area (TPSA) is 155 Å². The molecule has 0 aliphatic heterocycles. The first kappa shape index (κ1) is 134. The Morgan fingerprint density at radius 1 is 0.207 bits per heavy atom. The highest BCUT2D eigenvalue weighted by Gasteiger charge is 2.37. The number of halogens is 8. The Balaban J connectivity index is 0.000000799. The zero-order valence-corrected chi connectivity index (χ0v) is 101. The standard InChI is InChI=1S/C13H20.C12H17Br.2C12H16F3N.2C12H19N.C11H16BrN.C11H17N.3C10H16N2/c1-9(2)12-6-7-13(10(3)4)11(5)8-12;1-8(2)10-5-6-11(9(3)4)12(13)7-10;1-7(2)9-5-10(12(13,14)15)11(8(3)4)16-6-9;1-7(2)9-5-6-10(8(3)4)16-11(9)12(13,14)15;1-8(2)11-6-10(5)12(9(3)4)13-7-11;1-8(2)11-6-7-12(9(3)4)13-10(11)5;1-7(2)9-5-10(12)11(8(3)4)13-6-9;1-8(2)10-5-6-11(9(3)4)12-7-10;1-7(2)9-5-12-10(6-11-9)8(3)4;1-7(2)9-5-11-10(8(3)4)12-6-9;1-7(2)9-5-6-10(8(3)4)12-11-9/h6-10H,1-5H3;5-9H,1-4H3;2*5-8H,1-4H3;2*6-9H,1-5H3;5-8H,1-4H3;5-9H,1-4H3;3*5-8H,1-4H3. The second-order valence-electron chi connectivity index (χ2n) is 44.8. The molecule has 0 bridgehead atoms. The first-order valence-electron chi connectivity index (χ1n) is 53.1. The molecule has 11 rings (SSSR count). The Morgan fingerprint density at radius 2 is 0.510 bits per heavy atom.